The summed E-state index contributed by atoms with van der Waals surface area (Å²) in [6.07, 6.45) is 2.13. The highest BCUT2D eigenvalue weighted by Crippen LogP contribution is 2.31. The van der Waals surface area contributed by atoms with Gasteiger partial charge in [0.05, 0.1) is 32.6 Å². The minimum atomic E-state index is -0.324. The van der Waals surface area contributed by atoms with E-state index < -0.39 is 0 Å². The molecule has 0 fully saturated rings. The molecule has 0 radical (unpaired) electrons. The lowest BCUT2D eigenvalue weighted by molar-refractivity contribution is 0.268. The number of halogens is 1. The molecule has 154 valence electrons. The van der Waals surface area contributed by atoms with Gasteiger partial charge in [0.25, 0.3) is 0 Å². The summed E-state index contributed by atoms with van der Waals surface area (Å²) in [6.45, 7) is 4.57. The number of ether oxygens (including phenoxy) is 2. The molecule has 0 spiro atoms. The van der Waals surface area contributed by atoms with Crippen LogP contribution < -0.4 is 15.2 Å². The predicted octanol–water partition coefficient (Wildman–Crippen LogP) is 2.91. The third-order valence-corrected chi connectivity index (χ3v) is 4.74. The summed E-state index contributed by atoms with van der Waals surface area (Å²) >= 11 is 0. The number of methoxy groups -OCH3 is 1. The molecule has 0 unspecified atom stereocenters. The number of aliphatic hydroxyl groups is 1. The highest BCUT2D eigenvalue weighted by molar-refractivity contribution is 5.71. The maximum Gasteiger partial charge on any atom is 0.166 e. The zero-order chi connectivity index (χ0) is 21.0. The number of anilines is 1. The maximum absolute atomic E-state index is 13.5. The lowest BCUT2D eigenvalue weighted by atomic mass is 10.1. The van der Waals surface area contributed by atoms with E-state index in [1.165, 1.54) is 12.1 Å². The van der Waals surface area contributed by atoms with Gasteiger partial charge in [0, 0.05) is 35.0 Å². The van der Waals surface area contributed by atoms with E-state index in [2.05, 4.69) is 10.1 Å². The fourth-order valence-corrected chi connectivity index (χ4v) is 3.35. The van der Waals surface area contributed by atoms with Gasteiger partial charge in [0.1, 0.15) is 11.6 Å². The summed E-state index contributed by atoms with van der Waals surface area (Å²) in [5.74, 6) is 1.01. The molecule has 0 saturated carbocycles. The molecule has 0 atom stereocenters. The van der Waals surface area contributed by atoms with E-state index in [9.17, 15) is 9.50 Å². The quantitative estimate of drug-likeness (QED) is 0.604. The monoisotopic (exact) mass is 400 g/mol. The Balaban J connectivity index is 1.79. The van der Waals surface area contributed by atoms with Crippen molar-refractivity contribution in [2.45, 2.75) is 26.8 Å². The summed E-state index contributed by atoms with van der Waals surface area (Å²) in [7, 11) is 1.55. The van der Waals surface area contributed by atoms with Crippen LogP contribution in [0.1, 0.15) is 17.0 Å². The van der Waals surface area contributed by atoms with Crippen LogP contribution >= 0.6 is 0 Å². The average molecular weight is 400 g/mol. The first-order valence-electron chi connectivity index (χ1n) is 9.30. The van der Waals surface area contributed by atoms with Crippen molar-refractivity contribution < 1.29 is 19.0 Å². The summed E-state index contributed by atoms with van der Waals surface area (Å²) in [6, 6.07) is 6.21. The molecular weight excluding hydrogens is 375 g/mol. The third kappa shape index (κ3) is 4.48. The molecule has 8 heteroatoms. The number of benzene rings is 1. The lowest BCUT2D eigenvalue weighted by Gasteiger charge is -2.12. The van der Waals surface area contributed by atoms with Crippen LogP contribution in [-0.2, 0) is 13.0 Å². The average Bonchev–Trinajstić information content (AvgIpc) is 2.97. The summed E-state index contributed by atoms with van der Waals surface area (Å²) in [4.78, 5) is 4.25. The van der Waals surface area contributed by atoms with Crippen LogP contribution in [0.5, 0.6) is 11.5 Å². The maximum atomic E-state index is 13.5. The minimum Gasteiger partial charge on any atom is -0.496 e. The fourth-order valence-electron chi connectivity index (χ4n) is 3.35. The Labute approximate surface area is 168 Å². The number of aliphatic hydroxyl groups excluding tert-OH is 1. The minimum absolute atomic E-state index is 0.0132. The first kappa shape index (κ1) is 20.6. The van der Waals surface area contributed by atoms with Crippen LogP contribution in [0, 0.1) is 19.7 Å². The van der Waals surface area contributed by atoms with Crippen molar-refractivity contribution in [2.24, 2.45) is 0 Å². The van der Waals surface area contributed by atoms with E-state index >= 15 is 0 Å². The molecule has 1 aromatic carbocycles. The second-order valence-electron chi connectivity index (χ2n) is 6.65. The van der Waals surface area contributed by atoms with Crippen molar-refractivity contribution >= 4 is 5.82 Å². The zero-order valence-corrected chi connectivity index (χ0v) is 16.8. The Morgan fingerprint density at radius 3 is 2.72 bits per heavy atom. The zero-order valence-electron chi connectivity index (χ0n) is 16.8. The molecule has 2 aromatic heterocycles. The number of nitrogens with zero attached hydrogens (tertiary/aromatic N) is 3. The second kappa shape index (κ2) is 8.91. The molecular formula is C21H25FN4O3. The summed E-state index contributed by atoms with van der Waals surface area (Å²) < 4.78 is 26.4. The molecule has 7 nitrogen and oxygen atoms in total. The van der Waals surface area contributed by atoms with E-state index in [0.29, 0.717) is 30.0 Å². The van der Waals surface area contributed by atoms with Crippen molar-refractivity contribution in [1.82, 2.24) is 14.8 Å². The largest absolute Gasteiger partial charge is 0.496 e. The van der Waals surface area contributed by atoms with Crippen molar-refractivity contribution in [2.75, 3.05) is 26.1 Å². The van der Waals surface area contributed by atoms with Gasteiger partial charge in [-0.15, -0.1) is 0 Å². The molecule has 0 aliphatic heterocycles. The van der Waals surface area contributed by atoms with Crippen molar-refractivity contribution in [3.63, 3.8) is 0 Å². The van der Waals surface area contributed by atoms with Crippen LogP contribution in [0.25, 0.3) is 11.1 Å². The fraction of sp³-hybridized carbons (Fsp3) is 0.333. The Hall–Kier alpha value is -3.13. The number of hydrogen-bond donors (Lipinski definition) is 2. The van der Waals surface area contributed by atoms with Crippen LogP contribution in [0.4, 0.5) is 10.2 Å². The van der Waals surface area contributed by atoms with Crippen LogP contribution in [-0.4, -0.2) is 40.2 Å². The Bertz CT molecular complexity index is 1000. The molecule has 0 aliphatic carbocycles. The second-order valence-corrected chi connectivity index (χ2v) is 6.65. The number of pyridine rings is 1. The Morgan fingerprint density at radius 1 is 1.21 bits per heavy atom. The first-order chi connectivity index (χ1) is 13.9. The topological polar surface area (TPSA) is 95.4 Å². The first-order valence-corrected chi connectivity index (χ1v) is 9.30. The predicted molar refractivity (Wildman–Crippen MR) is 109 cm³/mol. The molecule has 29 heavy (non-hydrogen) atoms. The lowest BCUT2D eigenvalue weighted by Crippen LogP contribution is -2.06. The van der Waals surface area contributed by atoms with Gasteiger partial charge < -0.3 is 20.3 Å². The Morgan fingerprint density at radius 2 is 2.00 bits per heavy atom. The number of aryl methyl sites for hydroxylation is 1. The number of nitrogens with two attached hydrogens (primary N) is 1. The standard InChI is InChI=1S/C21H25FN4O3/c1-13-20(14(2)26(25-13)7-8-27)16-11-19(21(23)24-12-16)29-9-6-15-10-17(22)4-5-18(15)28-3/h4-5,10-12,27H,6-9H2,1-3H3,(H2,23,24). The van der Waals surface area contributed by atoms with E-state index in [0.717, 1.165) is 22.5 Å². The van der Waals surface area contributed by atoms with Gasteiger partial charge in [-0.25, -0.2) is 9.37 Å². The van der Waals surface area contributed by atoms with Gasteiger partial charge >= 0.3 is 0 Å². The third-order valence-electron chi connectivity index (χ3n) is 4.74. The molecule has 0 bridgehead atoms. The highest BCUT2D eigenvalue weighted by Gasteiger charge is 2.16. The Kier molecular flexibility index (Phi) is 6.33. The summed E-state index contributed by atoms with van der Waals surface area (Å²) in [5.41, 5.74) is 10.2. The molecule has 3 rings (SSSR count). The number of rotatable bonds is 8. The molecule has 2 heterocycles. The van der Waals surface area contributed by atoms with Gasteiger partial charge in [-0.3, -0.25) is 4.68 Å². The van der Waals surface area contributed by atoms with E-state index in [4.69, 9.17) is 15.2 Å². The van der Waals surface area contributed by atoms with E-state index in [1.54, 1.807) is 24.1 Å². The van der Waals surface area contributed by atoms with Gasteiger partial charge in [-0.05, 0) is 38.1 Å². The van der Waals surface area contributed by atoms with Crippen LogP contribution in [0.2, 0.25) is 0 Å². The molecule has 3 aromatic rings. The molecule has 0 aliphatic rings. The van der Waals surface area contributed by atoms with Gasteiger partial charge in [-0.2, -0.15) is 5.10 Å². The number of aromatic nitrogens is 3. The SMILES string of the molecule is COc1ccc(F)cc1CCOc1cc(-c2c(C)nn(CCO)c2C)cnc1N. The molecule has 0 amide bonds. The number of nitrogen functional groups attached to an aromatic ring is 1. The van der Waals surface area contributed by atoms with Crippen molar-refractivity contribution in [3.8, 4) is 22.6 Å². The smallest absolute Gasteiger partial charge is 0.166 e. The van der Waals surface area contributed by atoms with Crippen LogP contribution in [0.3, 0.4) is 0 Å². The van der Waals surface area contributed by atoms with Crippen molar-refractivity contribution in [1.29, 1.82) is 0 Å². The number of hydrogen-bond acceptors (Lipinski definition) is 6. The van der Waals surface area contributed by atoms with E-state index in [1.807, 2.05) is 19.9 Å². The van der Waals surface area contributed by atoms with Gasteiger partial charge in [-0.1, -0.05) is 0 Å². The van der Waals surface area contributed by atoms with Gasteiger partial charge in [0.2, 0.25) is 0 Å². The highest BCUT2D eigenvalue weighted by atomic mass is 19.1. The van der Waals surface area contributed by atoms with Gasteiger partial charge in [0.15, 0.2) is 11.6 Å². The van der Waals surface area contributed by atoms with E-state index in [-0.39, 0.29) is 24.8 Å². The molecule has 0 saturated heterocycles. The molecule has 3 N–H and O–H groups in total. The normalized spacial score (nSPS) is 10.9. The summed E-state index contributed by atoms with van der Waals surface area (Å²) in [5, 5.41) is 13.7. The van der Waals surface area contributed by atoms with Crippen molar-refractivity contribution in [3.05, 3.63) is 53.2 Å². The van der Waals surface area contributed by atoms with Crippen LogP contribution in [0.15, 0.2) is 30.5 Å².